The number of halogens is 2. The zero-order valence-corrected chi connectivity index (χ0v) is 14.0. The van der Waals surface area contributed by atoms with Gasteiger partial charge in [0.1, 0.15) is 17.7 Å². The van der Waals surface area contributed by atoms with Gasteiger partial charge in [0.2, 0.25) is 0 Å². The van der Waals surface area contributed by atoms with E-state index in [1.54, 1.807) is 11.3 Å². The Labute approximate surface area is 143 Å². The number of fused-ring (bicyclic) bond motifs is 1. The minimum absolute atomic E-state index is 0.0874. The van der Waals surface area contributed by atoms with Crippen LogP contribution in [0.15, 0.2) is 29.6 Å². The molecule has 4 rings (SSSR count). The molecule has 1 aromatic carbocycles. The molecule has 2 heterocycles. The van der Waals surface area contributed by atoms with Gasteiger partial charge in [-0.1, -0.05) is 0 Å². The van der Waals surface area contributed by atoms with Crippen molar-refractivity contribution in [3.8, 4) is 0 Å². The fourth-order valence-corrected chi connectivity index (χ4v) is 4.62. The normalized spacial score (nSPS) is 22.9. The van der Waals surface area contributed by atoms with Crippen molar-refractivity contribution >= 4 is 22.9 Å². The molecular weight excluding hydrogens is 330 g/mol. The maximum absolute atomic E-state index is 13.7. The molecule has 2 aliphatic rings. The Morgan fingerprint density at radius 3 is 2.92 bits per heavy atom. The molecule has 24 heavy (non-hydrogen) atoms. The van der Waals surface area contributed by atoms with Gasteiger partial charge < -0.3 is 10.2 Å². The summed E-state index contributed by atoms with van der Waals surface area (Å²) in [4.78, 5) is 15.0. The Bertz CT molecular complexity index is 772. The maximum atomic E-state index is 13.7. The first-order chi connectivity index (χ1) is 11.6. The highest BCUT2D eigenvalue weighted by Crippen LogP contribution is 2.42. The average Bonchev–Trinajstić information content (AvgIpc) is 3.27. The van der Waals surface area contributed by atoms with Crippen molar-refractivity contribution in [2.45, 2.75) is 25.3 Å². The van der Waals surface area contributed by atoms with E-state index < -0.39 is 11.6 Å². The molecule has 2 atom stereocenters. The monoisotopic (exact) mass is 349 g/mol. The lowest BCUT2D eigenvalue weighted by Gasteiger charge is -2.32. The largest absolute Gasteiger partial charge is 0.320 e. The molecule has 0 spiro atoms. The molecule has 126 valence electrons. The van der Waals surface area contributed by atoms with E-state index >= 15 is 0 Å². The van der Waals surface area contributed by atoms with Gasteiger partial charge in [0.05, 0.1) is 12.2 Å². The van der Waals surface area contributed by atoms with E-state index in [1.165, 1.54) is 28.2 Å². The van der Waals surface area contributed by atoms with Crippen LogP contribution in [0.1, 0.15) is 29.3 Å². The zero-order chi connectivity index (χ0) is 16.7. The predicted molar refractivity (Wildman–Crippen MR) is 89.2 cm³/mol. The second-order valence-electron chi connectivity index (χ2n) is 6.62. The van der Waals surface area contributed by atoms with Crippen LogP contribution < -0.4 is 10.2 Å². The van der Waals surface area contributed by atoms with E-state index in [2.05, 4.69) is 16.8 Å². The van der Waals surface area contributed by atoms with E-state index in [1.807, 2.05) is 0 Å². The summed E-state index contributed by atoms with van der Waals surface area (Å²) in [6.45, 7) is 1.19. The van der Waals surface area contributed by atoms with Gasteiger partial charge in [0.15, 0.2) is 6.54 Å². The highest BCUT2D eigenvalue weighted by Gasteiger charge is 2.43. The Morgan fingerprint density at radius 1 is 1.29 bits per heavy atom. The van der Waals surface area contributed by atoms with Gasteiger partial charge >= 0.3 is 0 Å². The summed E-state index contributed by atoms with van der Waals surface area (Å²) in [6.07, 6.45) is 3.40. The topological polar surface area (TPSA) is 33.5 Å². The predicted octanol–water partition coefficient (Wildman–Crippen LogP) is 2.56. The number of anilines is 1. The van der Waals surface area contributed by atoms with Crippen LogP contribution >= 0.6 is 11.3 Å². The summed E-state index contributed by atoms with van der Waals surface area (Å²) in [7, 11) is 0. The van der Waals surface area contributed by atoms with Gasteiger partial charge in [-0.3, -0.25) is 4.79 Å². The number of hydrogen-bond donors (Lipinski definition) is 2. The van der Waals surface area contributed by atoms with Crippen molar-refractivity contribution in [2.75, 3.05) is 18.4 Å². The highest BCUT2D eigenvalue weighted by molar-refractivity contribution is 7.10. The lowest BCUT2D eigenvalue weighted by molar-refractivity contribution is -0.928. The number of quaternary nitrogens is 1. The number of rotatable bonds is 4. The molecule has 1 saturated carbocycles. The molecular formula is C18H19F2N2OS+. The average molecular weight is 349 g/mol. The van der Waals surface area contributed by atoms with Crippen LogP contribution in [0, 0.1) is 17.6 Å². The van der Waals surface area contributed by atoms with Crippen LogP contribution in [0.4, 0.5) is 14.5 Å². The summed E-state index contributed by atoms with van der Waals surface area (Å²) in [5, 5.41) is 4.65. The molecule has 6 heteroatoms. The number of amides is 1. The van der Waals surface area contributed by atoms with E-state index in [4.69, 9.17) is 0 Å². The number of nitrogens with one attached hydrogen (secondary N) is 2. The molecule has 1 fully saturated rings. The number of carbonyl (C=O) groups is 1. The molecule has 2 aromatic rings. The molecule has 0 radical (unpaired) electrons. The summed E-state index contributed by atoms with van der Waals surface area (Å²) >= 11 is 1.80. The van der Waals surface area contributed by atoms with Crippen molar-refractivity contribution in [3.63, 3.8) is 0 Å². The van der Waals surface area contributed by atoms with Crippen molar-refractivity contribution in [2.24, 2.45) is 5.92 Å². The number of benzene rings is 1. The lowest BCUT2D eigenvalue weighted by atomic mass is 9.96. The third kappa shape index (κ3) is 3.08. The fraction of sp³-hybridized carbons (Fsp3) is 0.389. The quantitative estimate of drug-likeness (QED) is 0.874. The van der Waals surface area contributed by atoms with Crippen LogP contribution in [0.5, 0.6) is 0 Å². The van der Waals surface area contributed by atoms with Gasteiger partial charge in [-0.15, -0.1) is 11.3 Å². The van der Waals surface area contributed by atoms with Crippen LogP contribution in [0.2, 0.25) is 0 Å². The second-order valence-corrected chi connectivity index (χ2v) is 7.62. The van der Waals surface area contributed by atoms with Crippen LogP contribution in [0.3, 0.4) is 0 Å². The first kappa shape index (κ1) is 15.7. The Kier molecular flexibility index (Phi) is 4.10. The zero-order valence-electron chi connectivity index (χ0n) is 13.1. The Hall–Kier alpha value is -1.79. The minimum atomic E-state index is -0.614. The Morgan fingerprint density at radius 2 is 2.12 bits per heavy atom. The van der Waals surface area contributed by atoms with Gasteiger partial charge in [0, 0.05) is 28.8 Å². The second kappa shape index (κ2) is 6.26. The van der Waals surface area contributed by atoms with Gasteiger partial charge in [0.25, 0.3) is 5.91 Å². The van der Waals surface area contributed by atoms with Gasteiger partial charge in [-0.25, -0.2) is 8.78 Å². The van der Waals surface area contributed by atoms with E-state index in [9.17, 15) is 13.6 Å². The standard InChI is InChI=1S/C18H18F2N2OS/c19-12-3-4-14(20)15(9-12)21-17(23)10-22-7-5-16-13(6-8-24-16)18(22)11-1-2-11/h3-4,6,8-9,11,18H,1-2,5,7,10H2,(H,21,23)/p+1/t18-/m1/s1. The van der Waals surface area contributed by atoms with E-state index in [0.29, 0.717) is 12.0 Å². The molecule has 1 aliphatic carbocycles. The molecule has 0 bridgehead atoms. The van der Waals surface area contributed by atoms with E-state index in [-0.39, 0.29) is 18.1 Å². The summed E-state index contributed by atoms with van der Waals surface area (Å²) in [5.74, 6) is -0.792. The maximum Gasteiger partial charge on any atom is 0.279 e. The molecule has 1 aromatic heterocycles. The van der Waals surface area contributed by atoms with Gasteiger partial charge in [-0.05, 0) is 36.4 Å². The van der Waals surface area contributed by atoms with E-state index in [0.717, 1.165) is 31.2 Å². The molecule has 2 N–H and O–H groups in total. The SMILES string of the molecule is O=C(C[NH+]1CCc2sccc2[C@H]1C1CC1)Nc1cc(F)ccc1F. The van der Waals surface area contributed by atoms with Crippen molar-refractivity contribution in [3.05, 3.63) is 51.7 Å². The first-order valence-electron chi connectivity index (χ1n) is 8.27. The smallest absolute Gasteiger partial charge is 0.279 e. The van der Waals surface area contributed by atoms with Crippen molar-refractivity contribution in [1.82, 2.24) is 0 Å². The Balaban J connectivity index is 1.48. The van der Waals surface area contributed by atoms with Crippen LogP contribution in [-0.2, 0) is 11.2 Å². The van der Waals surface area contributed by atoms with Gasteiger partial charge in [-0.2, -0.15) is 0 Å². The molecule has 0 saturated heterocycles. The number of hydrogen-bond acceptors (Lipinski definition) is 2. The molecule has 1 aliphatic heterocycles. The summed E-state index contributed by atoms with van der Waals surface area (Å²) < 4.78 is 26.9. The number of carbonyl (C=O) groups excluding carboxylic acids is 1. The molecule has 3 nitrogen and oxygen atoms in total. The molecule has 1 amide bonds. The third-order valence-corrected chi connectivity index (χ3v) is 5.91. The fourth-order valence-electron chi connectivity index (χ4n) is 3.69. The lowest BCUT2D eigenvalue weighted by Crippen LogP contribution is -3.14. The summed E-state index contributed by atoms with van der Waals surface area (Å²) in [6, 6.07) is 5.65. The highest BCUT2D eigenvalue weighted by atomic mass is 32.1. The van der Waals surface area contributed by atoms with Crippen LogP contribution in [-0.4, -0.2) is 19.0 Å². The van der Waals surface area contributed by atoms with Crippen molar-refractivity contribution in [1.29, 1.82) is 0 Å². The first-order valence-corrected chi connectivity index (χ1v) is 9.15. The van der Waals surface area contributed by atoms with Crippen LogP contribution in [0.25, 0.3) is 0 Å². The minimum Gasteiger partial charge on any atom is -0.320 e. The third-order valence-electron chi connectivity index (χ3n) is 4.91. The van der Waals surface area contributed by atoms with Crippen molar-refractivity contribution < 1.29 is 18.5 Å². The molecule has 1 unspecified atom stereocenters. The number of thiophene rings is 1. The summed E-state index contributed by atoms with van der Waals surface area (Å²) in [5.41, 5.74) is 1.30.